The third-order valence-corrected chi connectivity index (χ3v) is 8.88. The van der Waals surface area contributed by atoms with Gasteiger partial charge in [0.15, 0.2) is 0 Å². The number of rotatable bonds is 30. The predicted octanol–water partition coefficient (Wildman–Crippen LogP) is 10.3. The van der Waals surface area contributed by atoms with Crippen molar-refractivity contribution in [1.82, 2.24) is 0 Å². The van der Waals surface area contributed by atoms with Crippen LogP contribution in [0.3, 0.4) is 0 Å². The monoisotopic (exact) mass is 649 g/mol. The van der Waals surface area contributed by atoms with Gasteiger partial charge in [0.1, 0.15) is 6.54 Å². The van der Waals surface area contributed by atoms with Gasteiger partial charge in [0.2, 0.25) is 10.4 Å². The molecule has 0 fully saturated rings. The average Bonchev–Trinajstić information content (AvgIpc) is 3.01. The molecule has 0 atom stereocenters. The smallest absolute Gasteiger partial charge is 0.353 e. The van der Waals surface area contributed by atoms with Crippen molar-refractivity contribution in [2.24, 2.45) is 0 Å². The predicted molar refractivity (Wildman–Crippen MR) is 180 cm³/mol. The third-order valence-electron chi connectivity index (χ3n) is 8.48. The summed E-state index contributed by atoms with van der Waals surface area (Å²) < 4.78 is 30.0. The van der Waals surface area contributed by atoms with Crippen LogP contribution in [0.15, 0.2) is 0 Å². The summed E-state index contributed by atoms with van der Waals surface area (Å²) in [6.45, 7) is 6.41. The number of amides is 2. The van der Waals surface area contributed by atoms with E-state index in [1.807, 2.05) is 0 Å². The van der Waals surface area contributed by atoms with Crippen molar-refractivity contribution in [3.05, 3.63) is 0 Å². The Morgan fingerprint density at radius 2 is 0.727 bits per heavy atom. The molecule has 2 amide bonds. The molecule has 44 heavy (non-hydrogen) atoms. The lowest BCUT2D eigenvalue weighted by Gasteiger charge is -2.23. The zero-order chi connectivity index (χ0) is 33.4. The van der Waals surface area contributed by atoms with E-state index in [1.165, 1.54) is 128 Å². The Morgan fingerprint density at radius 3 is 0.909 bits per heavy atom. The fourth-order valence-corrected chi connectivity index (χ4v) is 5.45. The van der Waals surface area contributed by atoms with E-state index in [0.717, 1.165) is 45.6 Å². The average molecular weight is 650 g/mol. The second-order valence-corrected chi connectivity index (χ2v) is 13.6. The SMILES string of the molecule is CCCCCCCCCCCCCCCC(=O)[N+](O)(CC)C(=O)CCCCCCCCCCCCCCC.COS(=O)(=O)[O-]. The highest BCUT2D eigenvalue weighted by molar-refractivity contribution is 7.80. The van der Waals surface area contributed by atoms with Gasteiger partial charge in [-0.1, -0.05) is 173 Å². The first-order valence-corrected chi connectivity index (χ1v) is 19.6. The second-order valence-electron chi connectivity index (χ2n) is 12.4. The molecule has 0 bridgehead atoms. The van der Waals surface area contributed by atoms with Gasteiger partial charge in [-0.15, -0.1) is 0 Å². The van der Waals surface area contributed by atoms with Crippen molar-refractivity contribution in [3.63, 3.8) is 0 Å². The molecule has 9 heteroatoms. The number of hydrogen-bond donors (Lipinski definition) is 1. The Bertz CT molecular complexity index is 716. The van der Waals surface area contributed by atoms with Crippen LogP contribution in [0.25, 0.3) is 0 Å². The lowest BCUT2D eigenvalue weighted by Crippen LogP contribution is -2.54. The van der Waals surface area contributed by atoms with Crippen LogP contribution >= 0.6 is 0 Å². The number of nitrogens with zero attached hydrogens (tertiary/aromatic N) is 1. The minimum Gasteiger partial charge on any atom is -0.726 e. The summed E-state index contributed by atoms with van der Waals surface area (Å²) >= 11 is 0. The first-order chi connectivity index (χ1) is 21.1. The second kappa shape index (κ2) is 32.1. The third kappa shape index (κ3) is 29.8. The van der Waals surface area contributed by atoms with Crippen LogP contribution in [0, 0.1) is 0 Å². The number of carbonyl (C=O) groups is 2. The van der Waals surface area contributed by atoms with Crippen LogP contribution in [0.5, 0.6) is 0 Å². The van der Waals surface area contributed by atoms with Crippen LogP contribution in [-0.2, 0) is 24.2 Å². The van der Waals surface area contributed by atoms with Crippen molar-refractivity contribution in [1.29, 1.82) is 0 Å². The quantitative estimate of drug-likeness (QED) is 0.0205. The molecule has 8 nitrogen and oxygen atoms in total. The fourth-order valence-electron chi connectivity index (χ4n) is 5.45. The molecule has 0 aromatic carbocycles. The summed E-state index contributed by atoms with van der Waals surface area (Å²) in [6.07, 6.45) is 33.4. The van der Waals surface area contributed by atoms with Crippen LogP contribution < -0.4 is 0 Å². The molecule has 0 aromatic heterocycles. The van der Waals surface area contributed by atoms with E-state index in [4.69, 9.17) is 0 Å². The van der Waals surface area contributed by atoms with Gasteiger partial charge in [-0.25, -0.2) is 23.2 Å². The highest BCUT2D eigenvalue weighted by Crippen LogP contribution is 2.18. The highest BCUT2D eigenvalue weighted by atomic mass is 32.3. The lowest BCUT2D eigenvalue weighted by atomic mass is 10.0. The number of hydrogen-bond acceptors (Lipinski definition) is 7. The molecule has 0 saturated heterocycles. The number of quaternary nitrogens is 1. The Hall–Kier alpha value is -0.870. The molecular weight excluding hydrogens is 578 g/mol. The number of carbonyl (C=O) groups excluding carboxylic acids is 2. The van der Waals surface area contributed by atoms with Gasteiger partial charge in [-0.2, -0.15) is 0 Å². The Balaban J connectivity index is 0. The van der Waals surface area contributed by atoms with Crippen molar-refractivity contribution in [2.45, 2.75) is 201 Å². The molecule has 0 unspecified atom stereocenters. The Kier molecular flexibility index (Phi) is 33.0. The maximum absolute atomic E-state index is 12.7. The number of hydroxylamine groups is 3. The summed E-state index contributed by atoms with van der Waals surface area (Å²) in [6, 6.07) is 0. The van der Waals surface area contributed by atoms with Crippen molar-refractivity contribution < 1.29 is 36.6 Å². The lowest BCUT2D eigenvalue weighted by molar-refractivity contribution is -0.974. The first kappa shape index (κ1) is 45.3. The van der Waals surface area contributed by atoms with E-state index in [9.17, 15) is 27.8 Å². The molecule has 0 spiro atoms. The fraction of sp³-hybridized carbons (Fsp3) is 0.943. The first-order valence-electron chi connectivity index (χ1n) is 18.3. The molecule has 0 aromatic rings. The molecule has 264 valence electrons. The Morgan fingerprint density at radius 1 is 0.523 bits per heavy atom. The summed E-state index contributed by atoms with van der Waals surface area (Å²) in [5.74, 6) is -0.620. The molecule has 0 aliphatic rings. The maximum Gasteiger partial charge on any atom is 0.353 e. The maximum atomic E-state index is 12.7. The van der Waals surface area contributed by atoms with Gasteiger partial charge < -0.3 is 4.55 Å². The van der Waals surface area contributed by atoms with Gasteiger partial charge in [0.25, 0.3) is 0 Å². The zero-order valence-corrected chi connectivity index (χ0v) is 30.1. The molecule has 0 heterocycles. The van der Waals surface area contributed by atoms with Crippen LogP contribution in [0.2, 0.25) is 0 Å². The molecule has 0 radical (unpaired) electrons. The van der Waals surface area contributed by atoms with Gasteiger partial charge >= 0.3 is 11.8 Å². The van der Waals surface area contributed by atoms with E-state index in [1.54, 1.807) is 6.92 Å². The van der Waals surface area contributed by atoms with E-state index in [2.05, 4.69) is 18.0 Å². The minimum atomic E-state index is -4.41. The standard InChI is InChI=1S/C34H68NO3.CH4O4S/c1-4-7-9-11-13-15-17-19-21-23-25-27-29-31-33(36)35(38,6-3)34(37)32-30-28-26-24-22-20-18-16-14-12-10-8-5-2;1-5-6(2,3)4/h38H,4-32H2,1-3H3;1H3,(H,2,3,4)/q+1;/p-1. The Labute approximate surface area is 272 Å². The number of unbranched alkanes of at least 4 members (excludes halogenated alkanes) is 24. The minimum absolute atomic E-state index is 0.147. The molecule has 0 aliphatic carbocycles. The summed E-state index contributed by atoms with van der Waals surface area (Å²) in [5.41, 5.74) is 0. The van der Waals surface area contributed by atoms with Gasteiger partial charge in [-0.05, 0) is 19.8 Å². The molecule has 0 rings (SSSR count). The molecular formula is C35H71NO7S. The van der Waals surface area contributed by atoms with E-state index in [0.29, 0.717) is 12.8 Å². The van der Waals surface area contributed by atoms with Crippen molar-refractivity contribution in [3.8, 4) is 0 Å². The molecule has 0 aliphatic heterocycles. The zero-order valence-electron chi connectivity index (χ0n) is 29.3. The largest absolute Gasteiger partial charge is 0.726 e. The van der Waals surface area contributed by atoms with Crippen LogP contribution in [0.1, 0.15) is 201 Å². The summed E-state index contributed by atoms with van der Waals surface area (Å²) in [4.78, 5) is 25.3. The van der Waals surface area contributed by atoms with Gasteiger partial charge in [0.05, 0.1) is 20.0 Å². The normalized spacial score (nSPS) is 11.8. The van der Waals surface area contributed by atoms with E-state index in [-0.39, 0.29) is 18.4 Å². The van der Waals surface area contributed by atoms with Crippen LogP contribution in [0.4, 0.5) is 0 Å². The number of imide groups is 1. The van der Waals surface area contributed by atoms with Crippen molar-refractivity contribution in [2.75, 3.05) is 13.7 Å². The van der Waals surface area contributed by atoms with Crippen LogP contribution in [-0.4, -0.2) is 48.3 Å². The summed E-state index contributed by atoms with van der Waals surface area (Å²) in [5, 5.41) is 10.8. The topological polar surface area (TPSA) is 121 Å². The molecule has 1 N–H and O–H groups in total. The van der Waals surface area contributed by atoms with Crippen molar-refractivity contribution >= 4 is 22.2 Å². The summed E-state index contributed by atoms with van der Waals surface area (Å²) in [7, 11) is -3.60. The molecule has 0 saturated carbocycles. The van der Waals surface area contributed by atoms with Gasteiger partial charge in [-0.3, -0.25) is 4.18 Å². The van der Waals surface area contributed by atoms with E-state index >= 15 is 0 Å². The van der Waals surface area contributed by atoms with Gasteiger partial charge in [0, 0.05) is 0 Å². The van der Waals surface area contributed by atoms with E-state index < -0.39 is 15.0 Å². The highest BCUT2D eigenvalue weighted by Gasteiger charge is 2.41.